The first-order valence-corrected chi connectivity index (χ1v) is 7.26. The number of nitrogens with zero attached hydrogens (tertiary/aromatic N) is 3. The normalized spacial score (nSPS) is 11.5. The van der Waals surface area contributed by atoms with Crippen molar-refractivity contribution in [2.45, 2.75) is 40.2 Å². The van der Waals surface area contributed by atoms with E-state index in [4.69, 9.17) is 4.98 Å². The number of hydrogen-bond donors (Lipinski definition) is 1. The second kappa shape index (κ2) is 6.66. The second-order valence-corrected chi connectivity index (χ2v) is 5.91. The highest BCUT2D eigenvalue weighted by Crippen LogP contribution is 2.17. The van der Waals surface area contributed by atoms with E-state index in [2.05, 4.69) is 50.1 Å². The van der Waals surface area contributed by atoms with Crippen molar-refractivity contribution in [1.82, 2.24) is 19.9 Å². The van der Waals surface area contributed by atoms with Gasteiger partial charge in [-0.2, -0.15) is 0 Å². The molecule has 2 aromatic heterocycles. The Hall–Kier alpha value is -1.68. The number of pyridine rings is 1. The van der Waals surface area contributed by atoms with Crippen molar-refractivity contribution < 1.29 is 0 Å². The van der Waals surface area contributed by atoms with Crippen molar-refractivity contribution in [3.8, 4) is 5.82 Å². The highest BCUT2D eigenvalue weighted by Gasteiger charge is 2.07. The van der Waals surface area contributed by atoms with Gasteiger partial charge in [0.1, 0.15) is 12.1 Å². The van der Waals surface area contributed by atoms with Gasteiger partial charge in [-0.05, 0) is 36.1 Å². The number of nitrogens with one attached hydrogen (secondary N) is 1. The zero-order chi connectivity index (χ0) is 14.5. The third kappa shape index (κ3) is 3.90. The third-order valence-electron chi connectivity index (χ3n) is 3.13. The number of aromatic nitrogens is 3. The molecule has 0 saturated carbocycles. The molecule has 0 aliphatic carbocycles. The fourth-order valence-electron chi connectivity index (χ4n) is 2.02. The molecule has 2 rings (SSSR count). The van der Waals surface area contributed by atoms with Crippen LogP contribution in [-0.4, -0.2) is 21.1 Å². The molecule has 0 aromatic carbocycles. The van der Waals surface area contributed by atoms with Crippen LogP contribution in [0.15, 0.2) is 30.9 Å². The Balaban J connectivity index is 2.22. The molecule has 0 bridgehead atoms. The zero-order valence-corrected chi connectivity index (χ0v) is 12.8. The van der Waals surface area contributed by atoms with Crippen LogP contribution >= 0.6 is 0 Å². The molecule has 4 nitrogen and oxygen atoms in total. The van der Waals surface area contributed by atoms with Gasteiger partial charge in [0, 0.05) is 24.6 Å². The molecule has 0 saturated heterocycles. The van der Waals surface area contributed by atoms with E-state index < -0.39 is 0 Å². The molecule has 0 radical (unpaired) electrons. The van der Waals surface area contributed by atoms with Crippen LogP contribution in [0.1, 0.15) is 44.9 Å². The minimum atomic E-state index is 0.419. The Bertz CT molecular complexity index is 529. The zero-order valence-electron chi connectivity index (χ0n) is 12.8. The molecule has 0 aliphatic heterocycles. The minimum absolute atomic E-state index is 0.419. The van der Waals surface area contributed by atoms with Crippen LogP contribution in [0.25, 0.3) is 5.82 Å². The lowest BCUT2D eigenvalue weighted by Gasteiger charge is -2.13. The van der Waals surface area contributed by atoms with Gasteiger partial charge in [-0.25, -0.2) is 9.97 Å². The van der Waals surface area contributed by atoms with Gasteiger partial charge in [0.25, 0.3) is 0 Å². The summed E-state index contributed by atoms with van der Waals surface area (Å²) in [6, 6.07) is 4.32. The summed E-state index contributed by atoms with van der Waals surface area (Å²) in [5.41, 5.74) is 2.39. The summed E-state index contributed by atoms with van der Waals surface area (Å²) in [4.78, 5) is 8.81. The van der Waals surface area contributed by atoms with Crippen LogP contribution in [0.4, 0.5) is 0 Å². The molecule has 4 heteroatoms. The molecule has 0 spiro atoms. The van der Waals surface area contributed by atoms with Gasteiger partial charge in [0.2, 0.25) is 0 Å². The molecular formula is C16H24N4. The summed E-state index contributed by atoms with van der Waals surface area (Å²) < 4.78 is 1.96. The number of hydrogen-bond acceptors (Lipinski definition) is 3. The predicted octanol–water partition coefficient (Wildman–Crippen LogP) is 3.14. The topological polar surface area (TPSA) is 42.7 Å². The van der Waals surface area contributed by atoms with Crippen molar-refractivity contribution >= 4 is 0 Å². The highest BCUT2D eigenvalue weighted by atomic mass is 15.1. The van der Waals surface area contributed by atoms with Crippen LogP contribution in [0.3, 0.4) is 0 Å². The summed E-state index contributed by atoms with van der Waals surface area (Å²) in [6.45, 7) is 10.7. The first-order chi connectivity index (χ1) is 9.56. The van der Waals surface area contributed by atoms with Gasteiger partial charge in [-0.3, -0.25) is 4.57 Å². The van der Waals surface area contributed by atoms with E-state index in [1.165, 1.54) is 5.56 Å². The van der Waals surface area contributed by atoms with Gasteiger partial charge in [0.05, 0.1) is 0 Å². The van der Waals surface area contributed by atoms with Gasteiger partial charge in [-0.1, -0.05) is 27.7 Å². The maximum atomic E-state index is 4.71. The molecule has 2 heterocycles. The van der Waals surface area contributed by atoms with E-state index in [1.54, 1.807) is 12.5 Å². The number of imidazole rings is 1. The fourth-order valence-corrected chi connectivity index (χ4v) is 2.02. The van der Waals surface area contributed by atoms with Crippen LogP contribution < -0.4 is 5.32 Å². The van der Waals surface area contributed by atoms with Gasteiger partial charge in [0.15, 0.2) is 0 Å². The highest BCUT2D eigenvalue weighted by molar-refractivity contribution is 5.32. The van der Waals surface area contributed by atoms with Gasteiger partial charge < -0.3 is 5.32 Å². The predicted molar refractivity (Wildman–Crippen MR) is 82.0 cm³/mol. The molecule has 0 amide bonds. The van der Waals surface area contributed by atoms with E-state index in [9.17, 15) is 0 Å². The molecule has 0 aliphatic rings. The first-order valence-electron chi connectivity index (χ1n) is 7.26. The van der Waals surface area contributed by atoms with Crippen LogP contribution in [-0.2, 0) is 6.54 Å². The maximum Gasteiger partial charge on any atom is 0.138 e. The van der Waals surface area contributed by atoms with Crippen molar-refractivity contribution in [1.29, 1.82) is 0 Å². The first kappa shape index (κ1) is 14.7. The van der Waals surface area contributed by atoms with Gasteiger partial charge >= 0.3 is 0 Å². The lowest BCUT2D eigenvalue weighted by atomic mass is 10.1. The van der Waals surface area contributed by atoms with Crippen molar-refractivity contribution in [3.05, 3.63) is 42.1 Å². The van der Waals surface area contributed by atoms with E-state index in [-0.39, 0.29) is 0 Å². The minimum Gasteiger partial charge on any atom is -0.312 e. The van der Waals surface area contributed by atoms with E-state index in [1.807, 2.05) is 10.8 Å². The third-order valence-corrected chi connectivity index (χ3v) is 3.13. The molecule has 20 heavy (non-hydrogen) atoms. The second-order valence-electron chi connectivity index (χ2n) is 5.91. The molecule has 1 N–H and O–H groups in total. The van der Waals surface area contributed by atoms with Crippen LogP contribution in [0.2, 0.25) is 0 Å². The van der Waals surface area contributed by atoms with Crippen molar-refractivity contribution in [2.75, 3.05) is 6.54 Å². The molecule has 0 unspecified atom stereocenters. The standard InChI is InChI=1S/C16H24N4/c1-12(2)9-18-10-14-7-15(13(3)4)19-16(8-14)20-6-5-17-11-20/h5-8,11-13,18H,9-10H2,1-4H3. The summed E-state index contributed by atoms with van der Waals surface area (Å²) in [5, 5.41) is 3.49. The lowest BCUT2D eigenvalue weighted by Crippen LogP contribution is -2.19. The van der Waals surface area contributed by atoms with Crippen LogP contribution in [0.5, 0.6) is 0 Å². The summed E-state index contributed by atoms with van der Waals surface area (Å²) in [7, 11) is 0. The molecular weight excluding hydrogens is 248 g/mol. The Morgan fingerprint density at radius 2 is 2.00 bits per heavy atom. The maximum absolute atomic E-state index is 4.71. The summed E-state index contributed by atoms with van der Waals surface area (Å²) >= 11 is 0. The Morgan fingerprint density at radius 3 is 2.60 bits per heavy atom. The quantitative estimate of drug-likeness (QED) is 0.878. The SMILES string of the molecule is CC(C)CNCc1cc(C(C)C)nc(-n2ccnc2)c1. The largest absolute Gasteiger partial charge is 0.312 e. The van der Waals surface area contributed by atoms with Crippen molar-refractivity contribution in [2.24, 2.45) is 5.92 Å². The monoisotopic (exact) mass is 272 g/mol. The Labute approximate surface area is 121 Å². The average Bonchev–Trinajstić information content (AvgIpc) is 2.91. The van der Waals surface area contributed by atoms with E-state index >= 15 is 0 Å². The summed E-state index contributed by atoms with van der Waals surface area (Å²) in [5.74, 6) is 2.02. The van der Waals surface area contributed by atoms with Crippen LogP contribution in [0, 0.1) is 5.92 Å². The number of rotatable bonds is 6. The van der Waals surface area contributed by atoms with Crippen molar-refractivity contribution in [3.63, 3.8) is 0 Å². The molecule has 0 atom stereocenters. The lowest BCUT2D eigenvalue weighted by molar-refractivity contribution is 0.551. The van der Waals surface area contributed by atoms with E-state index in [0.717, 1.165) is 24.6 Å². The average molecular weight is 272 g/mol. The Kier molecular flexibility index (Phi) is 4.90. The smallest absolute Gasteiger partial charge is 0.138 e. The Morgan fingerprint density at radius 1 is 1.20 bits per heavy atom. The molecule has 0 fully saturated rings. The van der Waals surface area contributed by atoms with E-state index in [0.29, 0.717) is 11.8 Å². The molecule has 108 valence electrons. The molecule has 2 aromatic rings. The summed E-state index contributed by atoms with van der Waals surface area (Å²) in [6.07, 6.45) is 5.50. The fraction of sp³-hybridized carbons (Fsp3) is 0.500. The van der Waals surface area contributed by atoms with Gasteiger partial charge in [-0.15, -0.1) is 0 Å².